The van der Waals surface area contributed by atoms with Crippen LogP contribution < -0.4 is 10.1 Å². The largest absolute Gasteiger partial charge is 0.493 e. The van der Waals surface area contributed by atoms with Gasteiger partial charge in [0.2, 0.25) is 5.95 Å². The van der Waals surface area contributed by atoms with Gasteiger partial charge < -0.3 is 25.0 Å². The van der Waals surface area contributed by atoms with E-state index in [1.54, 1.807) is 12.4 Å². The number of imidazole rings is 1. The van der Waals surface area contributed by atoms with Crippen molar-refractivity contribution in [2.45, 2.75) is 13.3 Å². The van der Waals surface area contributed by atoms with Crippen molar-refractivity contribution in [3.63, 3.8) is 0 Å². The standard InChI is InChI=1S/C29H35N7O2/c1-22-5-2-6-23(19-22)28-31-21-27(33-28)26-9-10-30-29(34-26)32-24-7-3-8-25(20-24)38-18-4-11-35-12-14-36(15-13-35)16-17-37/h2-3,5-10,19-21,37H,4,11-18H2,1H3,(H,31,33)(H,30,32,34). The van der Waals surface area contributed by atoms with Crippen LogP contribution in [0.15, 0.2) is 67.0 Å². The van der Waals surface area contributed by atoms with Crippen LogP contribution in [0.25, 0.3) is 22.8 Å². The lowest BCUT2D eigenvalue weighted by atomic mass is 10.1. The van der Waals surface area contributed by atoms with E-state index in [9.17, 15) is 0 Å². The third-order valence-corrected chi connectivity index (χ3v) is 6.66. The zero-order chi connectivity index (χ0) is 26.2. The van der Waals surface area contributed by atoms with Crippen LogP contribution in [-0.2, 0) is 0 Å². The number of anilines is 2. The minimum atomic E-state index is 0.235. The molecule has 1 fully saturated rings. The number of rotatable bonds is 11. The van der Waals surface area contributed by atoms with Crippen molar-refractivity contribution in [2.24, 2.45) is 0 Å². The number of nitrogens with one attached hydrogen (secondary N) is 2. The molecule has 3 heterocycles. The van der Waals surface area contributed by atoms with Crippen molar-refractivity contribution in [3.05, 3.63) is 72.6 Å². The Labute approximate surface area is 223 Å². The van der Waals surface area contributed by atoms with Crippen LogP contribution in [0.4, 0.5) is 11.6 Å². The van der Waals surface area contributed by atoms with Crippen molar-refractivity contribution in [1.82, 2.24) is 29.7 Å². The molecule has 0 bridgehead atoms. The number of H-pyrrole nitrogens is 1. The number of aromatic nitrogens is 4. The number of β-amino-alcohol motifs (C(OH)–C–C–N with tert-alkyl or cyclic N) is 1. The molecule has 9 nitrogen and oxygen atoms in total. The summed E-state index contributed by atoms with van der Waals surface area (Å²) in [4.78, 5) is 21.7. The first-order valence-corrected chi connectivity index (χ1v) is 13.2. The quantitative estimate of drug-likeness (QED) is 0.259. The van der Waals surface area contributed by atoms with Crippen molar-refractivity contribution >= 4 is 11.6 Å². The van der Waals surface area contributed by atoms with Crippen LogP contribution in [0.1, 0.15) is 12.0 Å². The summed E-state index contributed by atoms with van der Waals surface area (Å²) < 4.78 is 6.02. The maximum absolute atomic E-state index is 9.08. The molecule has 0 atom stereocenters. The Balaban J connectivity index is 1.14. The molecule has 0 amide bonds. The van der Waals surface area contributed by atoms with E-state index in [0.717, 1.165) is 79.9 Å². The highest BCUT2D eigenvalue weighted by Gasteiger charge is 2.15. The number of aliphatic hydroxyl groups excluding tert-OH is 1. The second-order valence-corrected chi connectivity index (χ2v) is 9.54. The smallest absolute Gasteiger partial charge is 0.227 e. The molecule has 9 heteroatoms. The second kappa shape index (κ2) is 12.6. The first-order chi connectivity index (χ1) is 18.7. The van der Waals surface area contributed by atoms with Gasteiger partial charge in [-0.3, -0.25) is 4.90 Å². The lowest BCUT2D eigenvalue weighted by Gasteiger charge is -2.34. The number of aryl methyl sites for hydroxylation is 1. The average Bonchev–Trinajstić information content (AvgIpc) is 3.43. The molecule has 1 saturated heterocycles. The minimum absolute atomic E-state index is 0.235. The molecule has 1 aliphatic rings. The van der Waals surface area contributed by atoms with Crippen LogP contribution in [0.3, 0.4) is 0 Å². The van der Waals surface area contributed by atoms with Gasteiger partial charge in [-0.25, -0.2) is 15.0 Å². The highest BCUT2D eigenvalue weighted by Crippen LogP contribution is 2.24. The molecular formula is C29H35N7O2. The van der Waals surface area contributed by atoms with Gasteiger partial charge >= 0.3 is 0 Å². The molecule has 198 valence electrons. The van der Waals surface area contributed by atoms with E-state index in [2.05, 4.69) is 54.1 Å². The van der Waals surface area contributed by atoms with Gasteiger partial charge in [-0.1, -0.05) is 29.8 Å². The number of aliphatic hydroxyl groups is 1. The molecule has 0 saturated carbocycles. The van der Waals surface area contributed by atoms with Gasteiger partial charge in [0.05, 0.1) is 30.8 Å². The number of nitrogens with zero attached hydrogens (tertiary/aromatic N) is 5. The Bertz CT molecular complexity index is 1320. The molecule has 4 aromatic rings. The Morgan fingerprint density at radius 2 is 1.79 bits per heavy atom. The van der Waals surface area contributed by atoms with Gasteiger partial charge in [0.1, 0.15) is 11.6 Å². The lowest BCUT2D eigenvalue weighted by Crippen LogP contribution is -2.47. The molecule has 2 aromatic carbocycles. The van der Waals surface area contributed by atoms with E-state index in [1.165, 1.54) is 5.56 Å². The number of hydrogen-bond acceptors (Lipinski definition) is 8. The first kappa shape index (κ1) is 25.8. The molecule has 0 spiro atoms. The van der Waals surface area contributed by atoms with Crippen LogP contribution in [0.2, 0.25) is 0 Å². The topological polar surface area (TPSA) is 102 Å². The van der Waals surface area contributed by atoms with Crippen LogP contribution in [0, 0.1) is 6.92 Å². The number of aromatic amines is 1. The summed E-state index contributed by atoms with van der Waals surface area (Å²) in [5, 5.41) is 12.4. The SMILES string of the molecule is Cc1cccc(-c2ncc(-c3ccnc(Nc4cccc(OCCCN5CCN(CCO)CC5)c4)n3)[nH]2)c1. The molecule has 5 rings (SSSR count). The molecule has 1 aliphatic heterocycles. The van der Waals surface area contributed by atoms with E-state index in [4.69, 9.17) is 9.84 Å². The zero-order valence-electron chi connectivity index (χ0n) is 21.8. The van der Waals surface area contributed by atoms with Gasteiger partial charge in [0.15, 0.2) is 0 Å². The van der Waals surface area contributed by atoms with E-state index < -0.39 is 0 Å². The summed E-state index contributed by atoms with van der Waals surface area (Å²) in [5.74, 6) is 2.13. The number of benzene rings is 2. The normalized spacial score (nSPS) is 14.5. The van der Waals surface area contributed by atoms with Gasteiger partial charge in [-0.2, -0.15) is 0 Å². The van der Waals surface area contributed by atoms with Crippen molar-refractivity contribution in [1.29, 1.82) is 0 Å². The summed E-state index contributed by atoms with van der Waals surface area (Å²) in [6, 6.07) is 18.0. The lowest BCUT2D eigenvalue weighted by molar-refractivity contribution is 0.108. The molecule has 38 heavy (non-hydrogen) atoms. The molecule has 3 N–H and O–H groups in total. The Morgan fingerprint density at radius 3 is 2.61 bits per heavy atom. The van der Waals surface area contributed by atoms with Gasteiger partial charge in [0, 0.05) is 62.8 Å². The van der Waals surface area contributed by atoms with Crippen LogP contribution >= 0.6 is 0 Å². The summed E-state index contributed by atoms with van der Waals surface area (Å²) in [5.41, 5.74) is 4.69. The van der Waals surface area contributed by atoms with Gasteiger partial charge in [0.25, 0.3) is 0 Å². The third kappa shape index (κ3) is 6.95. The predicted octanol–water partition coefficient (Wildman–Crippen LogP) is 3.96. The average molecular weight is 514 g/mol. The van der Waals surface area contributed by atoms with Crippen molar-refractivity contribution in [3.8, 4) is 28.5 Å². The Kier molecular flexibility index (Phi) is 8.60. The summed E-state index contributed by atoms with van der Waals surface area (Å²) >= 11 is 0. The number of piperazine rings is 1. The van der Waals surface area contributed by atoms with E-state index in [1.807, 2.05) is 42.5 Å². The minimum Gasteiger partial charge on any atom is -0.493 e. The summed E-state index contributed by atoms with van der Waals surface area (Å²) in [6.45, 7) is 8.89. The van der Waals surface area contributed by atoms with Gasteiger partial charge in [-0.15, -0.1) is 0 Å². The molecule has 0 aliphatic carbocycles. The van der Waals surface area contributed by atoms with Crippen LogP contribution in [-0.4, -0.2) is 87.3 Å². The van der Waals surface area contributed by atoms with E-state index in [-0.39, 0.29) is 6.61 Å². The van der Waals surface area contributed by atoms with Gasteiger partial charge in [-0.05, 0) is 37.6 Å². The fourth-order valence-electron chi connectivity index (χ4n) is 4.61. The molecule has 0 unspecified atom stereocenters. The summed E-state index contributed by atoms with van der Waals surface area (Å²) in [7, 11) is 0. The molecule has 2 aromatic heterocycles. The highest BCUT2D eigenvalue weighted by molar-refractivity contribution is 5.64. The van der Waals surface area contributed by atoms with Crippen molar-refractivity contribution in [2.75, 3.05) is 57.8 Å². The predicted molar refractivity (Wildman–Crippen MR) is 150 cm³/mol. The number of ether oxygens (including phenoxy) is 1. The fraction of sp³-hybridized carbons (Fsp3) is 0.345. The Morgan fingerprint density at radius 1 is 0.974 bits per heavy atom. The highest BCUT2D eigenvalue weighted by atomic mass is 16.5. The zero-order valence-corrected chi connectivity index (χ0v) is 21.8. The van der Waals surface area contributed by atoms with Crippen molar-refractivity contribution < 1.29 is 9.84 Å². The number of hydrogen-bond donors (Lipinski definition) is 3. The maximum Gasteiger partial charge on any atom is 0.227 e. The van der Waals surface area contributed by atoms with Crippen LogP contribution in [0.5, 0.6) is 5.75 Å². The first-order valence-electron chi connectivity index (χ1n) is 13.2. The van der Waals surface area contributed by atoms with E-state index in [0.29, 0.717) is 12.6 Å². The summed E-state index contributed by atoms with van der Waals surface area (Å²) in [6.07, 6.45) is 4.51. The monoisotopic (exact) mass is 513 g/mol. The maximum atomic E-state index is 9.08. The van der Waals surface area contributed by atoms with E-state index >= 15 is 0 Å². The second-order valence-electron chi connectivity index (χ2n) is 9.54. The fourth-order valence-corrected chi connectivity index (χ4v) is 4.61. The Hall–Kier alpha value is -3.79. The molecule has 0 radical (unpaired) electrons. The third-order valence-electron chi connectivity index (χ3n) is 6.66. The molecular weight excluding hydrogens is 478 g/mol.